The molecule has 0 heterocycles. The summed E-state index contributed by atoms with van der Waals surface area (Å²) in [5, 5.41) is 0. The molecule has 1 rings (SSSR count). The van der Waals surface area contributed by atoms with E-state index in [1.54, 1.807) is 6.42 Å². The van der Waals surface area contributed by atoms with Crippen LogP contribution >= 0.6 is 0 Å². The molecule has 0 bridgehead atoms. The summed E-state index contributed by atoms with van der Waals surface area (Å²) in [5.41, 5.74) is 0. The van der Waals surface area contributed by atoms with Gasteiger partial charge in [-0.05, 0) is 51.7 Å². The van der Waals surface area contributed by atoms with E-state index in [-0.39, 0.29) is 0 Å². The summed E-state index contributed by atoms with van der Waals surface area (Å²) in [5.74, 6) is 2.22. The van der Waals surface area contributed by atoms with Gasteiger partial charge in [0, 0.05) is 0 Å². The van der Waals surface area contributed by atoms with Crippen molar-refractivity contribution in [1.82, 2.24) is 4.90 Å². The van der Waals surface area contributed by atoms with Gasteiger partial charge in [0.2, 0.25) is 0 Å². The molecule has 17 heavy (non-hydrogen) atoms. The van der Waals surface area contributed by atoms with E-state index in [1.807, 2.05) is 0 Å². The molecule has 0 saturated heterocycles. The third-order valence-corrected chi connectivity index (χ3v) is 4.18. The molecule has 1 aliphatic carbocycles. The first-order valence-electron chi connectivity index (χ1n) is 7.88. The normalized spacial score (nSPS) is 23.3. The van der Waals surface area contributed by atoms with Gasteiger partial charge in [0.1, 0.15) is 0 Å². The predicted molar refractivity (Wildman–Crippen MR) is 77.4 cm³/mol. The Morgan fingerprint density at radius 1 is 0.824 bits per heavy atom. The van der Waals surface area contributed by atoms with Crippen molar-refractivity contribution in [2.45, 2.75) is 71.1 Å². The fraction of sp³-hybridized carbons (Fsp3) is 1.00. The summed E-state index contributed by atoms with van der Waals surface area (Å²) < 4.78 is 0. The van der Waals surface area contributed by atoms with Gasteiger partial charge in [-0.15, -0.1) is 0 Å². The van der Waals surface area contributed by atoms with Crippen LogP contribution in [0.15, 0.2) is 0 Å². The first-order valence-corrected chi connectivity index (χ1v) is 7.88. The van der Waals surface area contributed by atoms with Crippen LogP contribution in [0.3, 0.4) is 0 Å². The summed E-state index contributed by atoms with van der Waals surface area (Å²) in [4.78, 5) is 2.31. The maximum atomic E-state index is 2.31. The molecule has 102 valence electrons. The molecule has 1 fully saturated rings. The highest BCUT2D eigenvalue weighted by molar-refractivity contribution is 4.85. The molecule has 0 N–H and O–H groups in total. The SMILES string of the molecule is CCCCCCCCC1CC1CCCN(C)C. The van der Waals surface area contributed by atoms with Crippen molar-refractivity contribution >= 4 is 0 Å². The first-order chi connectivity index (χ1) is 8.24. The van der Waals surface area contributed by atoms with Gasteiger partial charge in [-0.2, -0.15) is 0 Å². The summed E-state index contributed by atoms with van der Waals surface area (Å²) in [6, 6.07) is 0. The topological polar surface area (TPSA) is 3.24 Å². The fourth-order valence-electron chi connectivity index (χ4n) is 2.87. The molecule has 1 nitrogen and oxygen atoms in total. The lowest BCUT2D eigenvalue weighted by Crippen LogP contribution is -2.12. The van der Waals surface area contributed by atoms with Gasteiger partial charge in [-0.1, -0.05) is 51.9 Å². The lowest BCUT2D eigenvalue weighted by atomic mass is 10.1. The molecule has 2 unspecified atom stereocenters. The van der Waals surface area contributed by atoms with Crippen molar-refractivity contribution in [3.05, 3.63) is 0 Å². The average Bonchev–Trinajstić information content (AvgIpc) is 3.01. The number of nitrogens with zero attached hydrogens (tertiary/aromatic N) is 1. The van der Waals surface area contributed by atoms with E-state index >= 15 is 0 Å². The van der Waals surface area contributed by atoms with E-state index in [2.05, 4.69) is 25.9 Å². The molecule has 0 amide bonds. The van der Waals surface area contributed by atoms with Crippen LogP contribution in [0, 0.1) is 11.8 Å². The van der Waals surface area contributed by atoms with Crippen LogP contribution < -0.4 is 0 Å². The lowest BCUT2D eigenvalue weighted by molar-refractivity contribution is 0.385. The van der Waals surface area contributed by atoms with Gasteiger partial charge >= 0.3 is 0 Å². The Hall–Kier alpha value is -0.0400. The minimum atomic E-state index is 1.10. The van der Waals surface area contributed by atoms with E-state index in [1.165, 1.54) is 64.3 Å². The first kappa shape index (κ1) is 15.0. The summed E-state index contributed by atoms with van der Waals surface area (Å²) in [7, 11) is 4.36. The molecule has 0 spiro atoms. The number of hydrogen-bond donors (Lipinski definition) is 0. The quantitative estimate of drug-likeness (QED) is 0.472. The van der Waals surface area contributed by atoms with E-state index in [0.29, 0.717) is 0 Å². The Morgan fingerprint density at radius 2 is 1.41 bits per heavy atom. The highest BCUT2D eigenvalue weighted by atomic mass is 15.0. The number of rotatable bonds is 11. The van der Waals surface area contributed by atoms with Crippen LogP contribution in [-0.4, -0.2) is 25.5 Å². The molecule has 0 aromatic heterocycles. The van der Waals surface area contributed by atoms with E-state index < -0.39 is 0 Å². The zero-order valence-electron chi connectivity index (χ0n) is 12.4. The second-order valence-electron chi connectivity index (χ2n) is 6.26. The molecule has 0 aromatic rings. The van der Waals surface area contributed by atoms with Crippen LogP contribution in [0.1, 0.15) is 71.1 Å². The van der Waals surface area contributed by atoms with Crippen molar-refractivity contribution < 1.29 is 0 Å². The Balaban J connectivity index is 1.81. The predicted octanol–water partition coefficient (Wildman–Crippen LogP) is 4.71. The third-order valence-electron chi connectivity index (χ3n) is 4.18. The van der Waals surface area contributed by atoms with Crippen LogP contribution in [0.5, 0.6) is 0 Å². The van der Waals surface area contributed by atoms with Crippen LogP contribution in [-0.2, 0) is 0 Å². The van der Waals surface area contributed by atoms with Gasteiger partial charge in [-0.25, -0.2) is 0 Å². The molecule has 1 saturated carbocycles. The second kappa shape index (κ2) is 8.97. The maximum absolute atomic E-state index is 2.31. The largest absolute Gasteiger partial charge is 0.309 e. The standard InChI is InChI=1S/C16H33N/c1-4-5-6-7-8-9-11-15-14-16(15)12-10-13-17(2)3/h15-16H,4-14H2,1-3H3. The molecule has 0 aliphatic heterocycles. The molecule has 1 heteroatoms. The summed E-state index contributed by atoms with van der Waals surface area (Å²) >= 11 is 0. The van der Waals surface area contributed by atoms with E-state index in [0.717, 1.165) is 11.8 Å². The number of hydrogen-bond acceptors (Lipinski definition) is 1. The van der Waals surface area contributed by atoms with Gasteiger partial charge < -0.3 is 4.90 Å². The van der Waals surface area contributed by atoms with E-state index in [4.69, 9.17) is 0 Å². The summed E-state index contributed by atoms with van der Waals surface area (Å²) in [6.45, 7) is 3.57. The van der Waals surface area contributed by atoms with Crippen molar-refractivity contribution in [3.8, 4) is 0 Å². The fourth-order valence-corrected chi connectivity index (χ4v) is 2.87. The van der Waals surface area contributed by atoms with Gasteiger partial charge in [0.25, 0.3) is 0 Å². The molecular formula is C16H33N. The average molecular weight is 239 g/mol. The second-order valence-corrected chi connectivity index (χ2v) is 6.26. The Kier molecular flexibility index (Phi) is 7.92. The third kappa shape index (κ3) is 7.81. The van der Waals surface area contributed by atoms with Crippen molar-refractivity contribution in [2.75, 3.05) is 20.6 Å². The van der Waals surface area contributed by atoms with Gasteiger partial charge in [-0.3, -0.25) is 0 Å². The Morgan fingerprint density at radius 3 is 2.06 bits per heavy atom. The van der Waals surface area contributed by atoms with Gasteiger partial charge in [0.05, 0.1) is 0 Å². The highest BCUT2D eigenvalue weighted by Gasteiger charge is 2.35. The van der Waals surface area contributed by atoms with Crippen LogP contribution in [0.4, 0.5) is 0 Å². The molecule has 1 aliphatic rings. The van der Waals surface area contributed by atoms with Crippen molar-refractivity contribution in [1.29, 1.82) is 0 Å². The van der Waals surface area contributed by atoms with Crippen molar-refractivity contribution in [2.24, 2.45) is 11.8 Å². The zero-order valence-corrected chi connectivity index (χ0v) is 12.4. The summed E-state index contributed by atoms with van der Waals surface area (Å²) in [6.07, 6.45) is 14.7. The van der Waals surface area contributed by atoms with Gasteiger partial charge in [0.15, 0.2) is 0 Å². The zero-order chi connectivity index (χ0) is 12.5. The molecule has 0 radical (unpaired) electrons. The molecule has 0 aromatic carbocycles. The minimum Gasteiger partial charge on any atom is -0.309 e. The Labute approximate surface area is 109 Å². The van der Waals surface area contributed by atoms with Crippen LogP contribution in [0.25, 0.3) is 0 Å². The highest BCUT2D eigenvalue weighted by Crippen LogP contribution is 2.45. The lowest BCUT2D eigenvalue weighted by Gasteiger charge is -2.08. The number of unbranched alkanes of at least 4 members (excludes halogenated alkanes) is 5. The van der Waals surface area contributed by atoms with E-state index in [9.17, 15) is 0 Å². The monoisotopic (exact) mass is 239 g/mol. The Bertz CT molecular complexity index is 176. The van der Waals surface area contributed by atoms with Crippen molar-refractivity contribution in [3.63, 3.8) is 0 Å². The van der Waals surface area contributed by atoms with Crippen LogP contribution in [0.2, 0.25) is 0 Å². The minimum absolute atomic E-state index is 1.10. The molecule has 2 atom stereocenters. The maximum Gasteiger partial charge on any atom is -0.00247 e. The smallest absolute Gasteiger partial charge is 0.00247 e. The molecular weight excluding hydrogens is 206 g/mol.